The topological polar surface area (TPSA) is 46.2 Å². The van der Waals surface area contributed by atoms with Crippen LogP contribution in [0.15, 0.2) is 23.1 Å². The molecule has 3 atom stereocenters. The SMILES string of the molecule is Cc1ccc(S(C)(=O)=O)cc1NC1CC2CCC1C2. The predicted octanol–water partition coefficient (Wildman–Crippen LogP) is 3.00. The minimum atomic E-state index is -3.13. The summed E-state index contributed by atoms with van der Waals surface area (Å²) in [6, 6.07) is 5.91. The van der Waals surface area contributed by atoms with Crippen molar-refractivity contribution >= 4 is 15.5 Å². The first-order chi connectivity index (χ1) is 8.93. The molecule has 0 radical (unpaired) electrons. The van der Waals surface area contributed by atoms with Gasteiger partial charge in [0.25, 0.3) is 0 Å². The van der Waals surface area contributed by atoms with Gasteiger partial charge in [0.1, 0.15) is 0 Å². The Balaban J connectivity index is 1.84. The Labute approximate surface area is 115 Å². The maximum Gasteiger partial charge on any atom is 0.175 e. The van der Waals surface area contributed by atoms with E-state index < -0.39 is 9.84 Å². The summed E-state index contributed by atoms with van der Waals surface area (Å²) < 4.78 is 23.3. The van der Waals surface area contributed by atoms with Crippen LogP contribution in [0.1, 0.15) is 31.2 Å². The van der Waals surface area contributed by atoms with Gasteiger partial charge in [-0.05, 0) is 55.7 Å². The Hall–Kier alpha value is -1.03. The summed E-state index contributed by atoms with van der Waals surface area (Å²) in [6.07, 6.45) is 6.56. The molecule has 2 saturated carbocycles. The molecule has 104 valence electrons. The van der Waals surface area contributed by atoms with Gasteiger partial charge in [0.15, 0.2) is 9.84 Å². The summed E-state index contributed by atoms with van der Waals surface area (Å²) in [5.74, 6) is 1.67. The molecule has 2 aliphatic carbocycles. The van der Waals surface area contributed by atoms with Crippen molar-refractivity contribution in [1.29, 1.82) is 0 Å². The molecule has 3 nitrogen and oxygen atoms in total. The molecule has 0 amide bonds. The highest BCUT2D eigenvalue weighted by Crippen LogP contribution is 2.45. The molecule has 0 aromatic heterocycles. The number of fused-ring (bicyclic) bond motifs is 2. The first-order valence-corrected chi connectivity index (χ1v) is 8.90. The lowest BCUT2D eigenvalue weighted by atomic mass is 9.95. The smallest absolute Gasteiger partial charge is 0.175 e. The number of hydrogen-bond donors (Lipinski definition) is 1. The summed E-state index contributed by atoms with van der Waals surface area (Å²) in [7, 11) is -3.13. The van der Waals surface area contributed by atoms with E-state index in [2.05, 4.69) is 5.32 Å². The molecule has 3 rings (SSSR count). The van der Waals surface area contributed by atoms with Crippen LogP contribution >= 0.6 is 0 Å². The van der Waals surface area contributed by atoms with Crippen molar-refractivity contribution in [2.45, 2.75) is 43.5 Å². The fourth-order valence-electron chi connectivity index (χ4n) is 3.61. The van der Waals surface area contributed by atoms with Crippen molar-refractivity contribution < 1.29 is 8.42 Å². The van der Waals surface area contributed by atoms with Gasteiger partial charge < -0.3 is 5.32 Å². The Morgan fingerprint density at radius 1 is 1.21 bits per heavy atom. The zero-order valence-corrected chi connectivity index (χ0v) is 12.3. The largest absolute Gasteiger partial charge is 0.382 e. The number of benzene rings is 1. The van der Waals surface area contributed by atoms with Gasteiger partial charge >= 0.3 is 0 Å². The van der Waals surface area contributed by atoms with Crippen LogP contribution in [0.3, 0.4) is 0 Å². The Morgan fingerprint density at radius 3 is 2.58 bits per heavy atom. The third-order valence-electron chi connectivity index (χ3n) is 4.72. The van der Waals surface area contributed by atoms with Gasteiger partial charge in [0.05, 0.1) is 4.90 Å². The molecule has 19 heavy (non-hydrogen) atoms. The third-order valence-corrected chi connectivity index (χ3v) is 5.83. The second-order valence-electron chi connectivity index (χ2n) is 6.17. The molecule has 2 aliphatic rings. The number of hydrogen-bond acceptors (Lipinski definition) is 3. The van der Waals surface area contributed by atoms with Crippen molar-refractivity contribution in [3.63, 3.8) is 0 Å². The quantitative estimate of drug-likeness (QED) is 0.925. The summed E-state index contributed by atoms with van der Waals surface area (Å²) >= 11 is 0. The predicted molar refractivity (Wildman–Crippen MR) is 77.1 cm³/mol. The number of nitrogens with one attached hydrogen (secondary N) is 1. The number of anilines is 1. The van der Waals surface area contributed by atoms with Gasteiger partial charge in [0, 0.05) is 18.0 Å². The highest BCUT2D eigenvalue weighted by Gasteiger charge is 2.39. The van der Waals surface area contributed by atoms with Crippen molar-refractivity contribution in [3.8, 4) is 0 Å². The highest BCUT2D eigenvalue weighted by molar-refractivity contribution is 7.90. The van der Waals surface area contributed by atoms with E-state index in [4.69, 9.17) is 0 Å². The molecule has 0 heterocycles. The molecule has 2 fully saturated rings. The average molecular weight is 279 g/mol. The van der Waals surface area contributed by atoms with E-state index in [1.165, 1.54) is 31.9 Å². The van der Waals surface area contributed by atoms with Crippen LogP contribution in [-0.4, -0.2) is 20.7 Å². The average Bonchev–Trinajstić information content (AvgIpc) is 2.92. The first kappa shape index (κ1) is 13.0. The third kappa shape index (κ3) is 2.50. The van der Waals surface area contributed by atoms with E-state index >= 15 is 0 Å². The second-order valence-corrected chi connectivity index (χ2v) is 8.19. The van der Waals surface area contributed by atoms with Crippen molar-refractivity contribution in [3.05, 3.63) is 23.8 Å². The number of sulfone groups is 1. The summed E-state index contributed by atoms with van der Waals surface area (Å²) in [4.78, 5) is 0.406. The summed E-state index contributed by atoms with van der Waals surface area (Å²) in [5.41, 5.74) is 2.11. The van der Waals surface area contributed by atoms with Crippen LogP contribution in [0.2, 0.25) is 0 Å². The zero-order valence-electron chi connectivity index (χ0n) is 11.5. The van der Waals surface area contributed by atoms with E-state index in [9.17, 15) is 8.42 Å². The van der Waals surface area contributed by atoms with Crippen LogP contribution in [0.4, 0.5) is 5.69 Å². The summed E-state index contributed by atoms with van der Waals surface area (Å²) in [6.45, 7) is 2.03. The van der Waals surface area contributed by atoms with Crippen LogP contribution < -0.4 is 5.32 Å². The molecular formula is C15H21NO2S. The van der Waals surface area contributed by atoms with Crippen LogP contribution in [0, 0.1) is 18.8 Å². The van der Waals surface area contributed by atoms with E-state index in [1.54, 1.807) is 12.1 Å². The lowest BCUT2D eigenvalue weighted by Gasteiger charge is -2.25. The molecule has 1 N–H and O–H groups in total. The molecule has 2 bridgehead atoms. The zero-order chi connectivity index (χ0) is 13.6. The lowest BCUT2D eigenvalue weighted by Crippen LogP contribution is -2.26. The lowest BCUT2D eigenvalue weighted by molar-refractivity contribution is 0.439. The summed E-state index contributed by atoms with van der Waals surface area (Å²) in [5, 5.41) is 3.59. The van der Waals surface area contributed by atoms with Crippen LogP contribution in [-0.2, 0) is 9.84 Å². The molecule has 4 heteroatoms. The number of rotatable bonds is 3. The fraction of sp³-hybridized carbons (Fsp3) is 0.600. The van der Waals surface area contributed by atoms with Gasteiger partial charge in [-0.25, -0.2) is 8.42 Å². The van der Waals surface area contributed by atoms with Gasteiger partial charge in [0.2, 0.25) is 0 Å². The van der Waals surface area contributed by atoms with Crippen molar-refractivity contribution in [1.82, 2.24) is 0 Å². The minimum absolute atomic E-state index is 0.406. The maximum absolute atomic E-state index is 11.6. The van der Waals surface area contributed by atoms with Crippen LogP contribution in [0.25, 0.3) is 0 Å². The number of aryl methyl sites for hydroxylation is 1. The normalized spacial score (nSPS) is 29.7. The van der Waals surface area contributed by atoms with Gasteiger partial charge in [-0.2, -0.15) is 0 Å². The van der Waals surface area contributed by atoms with Crippen LogP contribution in [0.5, 0.6) is 0 Å². The van der Waals surface area contributed by atoms with Gasteiger partial charge in [-0.3, -0.25) is 0 Å². The molecule has 3 unspecified atom stereocenters. The van der Waals surface area contributed by atoms with Crippen molar-refractivity contribution in [2.75, 3.05) is 11.6 Å². The second kappa shape index (κ2) is 4.51. The molecule has 1 aromatic carbocycles. The Kier molecular flexibility index (Phi) is 3.08. The van der Waals surface area contributed by atoms with Gasteiger partial charge in [-0.1, -0.05) is 12.5 Å². The maximum atomic E-state index is 11.6. The van der Waals surface area contributed by atoms with E-state index in [0.29, 0.717) is 10.9 Å². The molecule has 0 saturated heterocycles. The first-order valence-electron chi connectivity index (χ1n) is 7.01. The Morgan fingerprint density at radius 2 is 2.00 bits per heavy atom. The molecule has 0 spiro atoms. The van der Waals surface area contributed by atoms with E-state index in [-0.39, 0.29) is 0 Å². The van der Waals surface area contributed by atoms with Gasteiger partial charge in [-0.15, -0.1) is 0 Å². The Bertz CT molecular complexity index is 594. The minimum Gasteiger partial charge on any atom is -0.382 e. The highest BCUT2D eigenvalue weighted by atomic mass is 32.2. The fourth-order valence-corrected chi connectivity index (χ4v) is 4.26. The van der Waals surface area contributed by atoms with E-state index in [1.807, 2.05) is 13.0 Å². The van der Waals surface area contributed by atoms with Crippen molar-refractivity contribution in [2.24, 2.45) is 11.8 Å². The molecule has 1 aromatic rings. The standard InChI is InChI=1S/C15H21NO2S/c1-10-3-6-13(19(2,17)18)9-14(10)16-15-8-11-4-5-12(15)7-11/h3,6,9,11-12,15-16H,4-5,7-8H2,1-2H3. The monoisotopic (exact) mass is 279 g/mol. The molecular weight excluding hydrogens is 258 g/mol. The molecule has 0 aliphatic heterocycles. The van der Waals surface area contributed by atoms with E-state index in [0.717, 1.165) is 23.1 Å².